The molecule has 0 amide bonds. The Morgan fingerprint density at radius 3 is 2.85 bits per heavy atom. The van der Waals surface area contributed by atoms with Crippen LogP contribution in [0.5, 0.6) is 0 Å². The average molecular weight is 293 g/mol. The molecule has 4 heteroatoms. The number of benzene rings is 1. The molecule has 0 aliphatic carbocycles. The third kappa shape index (κ3) is 4.84. The zero-order valence-electron chi connectivity index (χ0n) is 12.1. The van der Waals surface area contributed by atoms with E-state index in [-0.39, 0.29) is 5.97 Å². The van der Waals surface area contributed by atoms with Gasteiger partial charge in [0, 0.05) is 11.4 Å². The number of ether oxygens (including phenoxy) is 1. The van der Waals surface area contributed by atoms with E-state index in [1.807, 2.05) is 24.3 Å². The number of esters is 1. The normalized spacial score (nSPS) is 16.1. The van der Waals surface area contributed by atoms with Crippen molar-refractivity contribution >= 4 is 17.7 Å². The molecule has 0 unspecified atom stereocenters. The fourth-order valence-electron chi connectivity index (χ4n) is 2.41. The predicted molar refractivity (Wildman–Crippen MR) is 83.4 cm³/mol. The number of hydrogen-bond donors (Lipinski definition) is 0. The van der Waals surface area contributed by atoms with E-state index in [0.717, 1.165) is 30.3 Å². The number of carbonyl (C=O) groups is 1. The lowest BCUT2D eigenvalue weighted by molar-refractivity contribution is 0.0452. The largest absolute Gasteiger partial charge is 0.461 e. The Bertz CT molecular complexity index is 430. The number of hydrogen-bond acceptors (Lipinski definition) is 4. The van der Waals surface area contributed by atoms with Gasteiger partial charge in [-0.1, -0.05) is 19.4 Å². The first-order chi connectivity index (χ1) is 9.79. The third-order valence-corrected chi connectivity index (χ3v) is 4.35. The van der Waals surface area contributed by atoms with E-state index < -0.39 is 0 Å². The summed E-state index contributed by atoms with van der Waals surface area (Å²) in [6, 6.07) is 7.68. The zero-order chi connectivity index (χ0) is 14.2. The lowest BCUT2D eigenvalue weighted by Gasteiger charge is -2.25. The van der Waals surface area contributed by atoms with Gasteiger partial charge in [-0.2, -0.15) is 0 Å². The molecule has 1 saturated heterocycles. The Hall–Kier alpha value is -1.00. The van der Waals surface area contributed by atoms with E-state index in [1.54, 1.807) is 11.8 Å². The molecule has 1 aromatic carbocycles. The molecule has 0 atom stereocenters. The molecule has 0 radical (unpaired) electrons. The monoisotopic (exact) mass is 293 g/mol. The fourth-order valence-corrected chi connectivity index (χ4v) is 3.13. The van der Waals surface area contributed by atoms with Crippen LogP contribution >= 0.6 is 11.8 Å². The van der Waals surface area contributed by atoms with Crippen molar-refractivity contribution in [2.45, 2.75) is 31.1 Å². The van der Waals surface area contributed by atoms with Crippen LogP contribution in [0.15, 0.2) is 29.2 Å². The maximum atomic E-state index is 12.0. The Morgan fingerprint density at radius 2 is 2.10 bits per heavy atom. The van der Waals surface area contributed by atoms with Crippen molar-refractivity contribution < 1.29 is 9.53 Å². The molecule has 2 rings (SSSR count). The number of thioether (sulfide) groups is 1. The number of rotatable bonds is 6. The van der Waals surface area contributed by atoms with Gasteiger partial charge in [-0.3, -0.25) is 4.90 Å². The Kier molecular flexibility index (Phi) is 6.40. The maximum absolute atomic E-state index is 12.0. The van der Waals surface area contributed by atoms with Crippen LogP contribution in [0.1, 0.15) is 36.5 Å². The molecular weight excluding hydrogens is 270 g/mol. The summed E-state index contributed by atoms with van der Waals surface area (Å²) in [6.45, 7) is 5.73. The highest BCUT2D eigenvalue weighted by Gasteiger charge is 2.12. The van der Waals surface area contributed by atoms with Gasteiger partial charge in [0.2, 0.25) is 0 Å². The zero-order valence-corrected chi connectivity index (χ0v) is 13.0. The van der Waals surface area contributed by atoms with Gasteiger partial charge in [0.15, 0.2) is 0 Å². The molecule has 3 nitrogen and oxygen atoms in total. The molecular formula is C16H23NO2S. The van der Waals surface area contributed by atoms with Crippen LogP contribution in [0.3, 0.4) is 0 Å². The molecule has 0 aromatic heterocycles. The first kappa shape index (κ1) is 15.4. The smallest absolute Gasteiger partial charge is 0.338 e. The maximum Gasteiger partial charge on any atom is 0.338 e. The van der Waals surface area contributed by atoms with Crippen LogP contribution in [0.25, 0.3) is 0 Å². The van der Waals surface area contributed by atoms with E-state index in [4.69, 9.17) is 4.74 Å². The van der Waals surface area contributed by atoms with Gasteiger partial charge in [-0.05, 0) is 49.9 Å². The summed E-state index contributed by atoms with van der Waals surface area (Å²) in [5.74, 6) is 0.800. The summed E-state index contributed by atoms with van der Waals surface area (Å²) in [5, 5.41) is 0. The highest BCUT2D eigenvalue weighted by molar-refractivity contribution is 7.99. The van der Waals surface area contributed by atoms with Crippen LogP contribution in [0.2, 0.25) is 0 Å². The minimum atomic E-state index is -0.208. The van der Waals surface area contributed by atoms with Gasteiger partial charge in [0.1, 0.15) is 6.61 Å². The topological polar surface area (TPSA) is 29.5 Å². The van der Waals surface area contributed by atoms with Gasteiger partial charge in [0.25, 0.3) is 0 Å². The van der Waals surface area contributed by atoms with Gasteiger partial charge in [-0.25, -0.2) is 4.79 Å². The van der Waals surface area contributed by atoms with Crippen LogP contribution in [0, 0.1) is 0 Å². The second kappa shape index (κ2) is 8.32. The minimum Gasteiger partial charge on any atom is -0.461 e. The Labute approximate surface area is 125 Å². The summed E-state index contributed by atoms with van der Waals surface area (Å²) in [6.07, 6.45) is 3.87. The number of carbonyl (C=O) groups excluding carboxylic acids is 1. The first-order valence-corrected chi connectivity index (χ1v) is 8.40. The molecule has 1 aliphatic heterocycles. The molecule has 0 bridgehead atoms. The molecule has 20 heavy (non-hydrogen) atoms. The van der Waals surface area contributed by atoms with Crippen molar-refractivity contribution in [3.05, 3.63) is 29.8 Å². The van der Waals surface area contributed by atoms with Gasteiger partial charge in [0.05, 0.1) is 5.56 Å². The highest BCUT2D eigenvalue weighted by atomic mass is 32.2. The summed E-state index contributed by atoms with van der Waals surface area (Å²) in [4.78, 5) is 15.5. The Morgan fingerprint density at radius 1 is 1.30 bits per heavy atom. The highest BCUT2D eigenvalue weighted by Crippen LogP contribution is 2.19. The average Bonchev–Trinajstić information content (AvgIpc) is 2.49. The van der Waals surface area contributed by atoms with E-state index >= 15 is 0 Å². The van der Waals surface area contributed by atoms with Crippen LogP contribution < -0.4 is 0 Å². The van der Waals surface area contributed by atoms with Gasteiger partial charge >= 0.3 is 5.97 Å². The summed E-state index contributed by atoms with van der Waals surface area (Å²) in [7, 11) is 0. The summed E-state index contributed by atoms with van der Waals surface area (Å²) >= 11 is 1.74. The van der Waals surface area contributed by atoms with Crippen molar-refractivity contribution in [3.8, 4) is 0 Å². The molecule has 0 spiro atoms. The first-order valence-electron chi connectivity index (χ1n) is 7.42. The number of likely N-dealkylation sites (tertiary alicyclic amines) is 1. The van der Waals surface area contributed by atoms with Crippen molar-refractivity contribution in [1.29, 1.82) is 0 Å². The lowest BCUT2D eigenvalue weighted by atomic mass is 10.1. The van der Waals surface area contributed by atoms with Crippen LogP contribution in [-0.4, -0.2) is 42.9 Å². The Balaban J connectivity index is 1.77. The van der Waals surface area contributed by atoms with Gasteiger partial charge in [-0.15, -0.1) is 11.8 Å². The van der Waals surface area contributed by atoms with E-state index in [9.17, 15) is 4.79 Å². The van der Waals surface area contributed by atoms with E-state index in [2.05, 4.69) is 11.8 Å². The summed E-state index contributed by atoms with van der Waals surface area (Å²) < 4.78 is 5.37. The molecule has 1 aromatic rings. The quantitative estimate of drug-likeness (QED) is 0.593. The van der Waals surface area contributed by atoms with Gasteiger partial charge < -0.3 is 4.74 Å². The predicted octanol–water partition coefficient (Wildman–Crippen LogP) is 3.44. The van der Waals surface area contributed by atoms with Crippen molar-refractivity contribution in [1.82, 2.24) is 4.90 Å². The van der Waals surface area contributed by atoms with Crippen molar-refractivity contribution in [2.75, 3.05) is 32.0 Å². The number of nitrogens with zero attached hydrogens (tertiary/aromatic N) is 1. The van der Waals surface area contributed by atoms with Crippen molar-refractivity contribution in [3.63, 3.8) is 0 Å². The molecule has 0 N–H and O–H groups in total. The minimum absolute atomic E-state index is 0.208. The molecule has 1 aliphatic rings. The van der Waals surface area contributed by atoms with Crippen molar-refractivity contribution in [2.24, 2.45) is 0 Å². The van der Waals surface area contributed by atoms with Crippen LogP contribution in [0.4, 0.5) is 0 Å². The third-order valence-electron chi connectivity index (χ3n) is 3.47. The van der Waals surface area contributed by atoms with E-state index in [1.165, 1.54) is 19.3 Å². The van der Waals surface area contributed by atoms with E-state index in [0.29, 0.717) is 12.2 Å². The number of piperidine rings is 1. The standard InChI is InChI=1S/C16H23NO2S/c1-2-20-15-8-6-7-14(13-15)16(18)19-12-11-17-9-4-3-5-10-17/h6-8,13H,2-5,9-12H2,1H3. The lowest BCUT2D eigenvalue weighted by Crippen LogP contribution is -2.33. The molecule has 1 fully saturated rings. The van der Waals surface area contributed by atoms with Crippen LogP contribution in [-0.2, 0) is 4.74 Å². The summed E-state index contributed by atoms with van der Waals surface area (Å²) in [5.41, 5.74) is 0.655. The molecule has 1 heterocycles. The molecule has 0 saturated carbocycles. The molecule has 110 valence electrons. The second-order valence-corrected chi connectivity index (χ2v) is 6.34. The SMILES string of the molecule is CCSc1cccc(C(=O)OCCN2CCCCC2)c1. The fraction of sp³-hybridized carbons (Fsp3) is 0.562. The second-order valence-electron chi connectivity index (χ2n) is 5.00.